The fraction of sp³-hybridized carbons (Fsp3) is 0.867. The molecule has 0 aliphatic carbocycles. The van der Waals surface area contributed by atoms with Gasteiger partial charge in [0.1, 0.15) is 18.3 Å². The molecule has 146 valence electrons. The quantitative estimate of drug-likeness (QED) is 0.252. The van der Waals surface area contributed by atoms with Crippen molar-refractivity contribution in [3.8, 4) is 0 Å². The Hall–Kier alpha value is -1.30. The highest BCUT2D eigenvalue weighted by Crippen LogP contribution is 2.22. The Morgan fingerprint density at radius 1 is 1.28 bits per heavy atom. The Labute approximate surface area is 147 Å². The number of rotatable bonds is 11. The first-order valence-electron chi connectivity index (χ1n) is 8.39. The maximum atomic E-state index is 11.4. The fourth-order valence-corrected chi connectivity index (χ4v) is 2.61. The van der Waals surface area contributed by atoms with E-state index in [1.165, 1.54) is 7.11 Å². The molecule has 1 fully saturated rings. The van der Waals surface area contributed by atoms with E-state index in [0.29, 0.717) is 25.9 Å². The summed E-state index contributed by atoms with van der Waals surface area (Å²) in [5, 5.41) is 12.7. The van der Waals surface area contributed by atoms with E-state index in [9.17, 15) is 14.7 Å². The van der Waals surface area contributed by atoms with Gasteiger partial charge in [0.25, 0.3) is 0 Å². The van der Waals surface area contributed by atoms with Gasteiger partial charge in [-0.2, -0.15) is 0 Å². The minimum absolute atomic E-state index is 0.148. The van der Waals surface area contributed by atoms with Gasteiger partial charge in [-0.15, -0.1) is 0 Å². The number of nitrogens with two attached hydrogens (primary N) is 3. The average molecular weight is 362 g/mol. The maximum Gasteiger partial charge on any atom is 0.236 e. The molecule has 1 saturated heterocycles. The number of aliphatic hydroxyl groups is 1. The van der Waals surface area contributed by atoms with E-state index in [2.05, 4.69) is 5.32 Å². The van der Waals surface area contributed by atoms with Crippen LogP contribution in [0.4, 0.5) is 0 Å². The van der Waals surface area contributed by atoms with Crippen molar-refractivity contribution in [2.45, 2.75) is 56.3 Å². The monoisotopic (exact) mass is 362 g/mol. The van der Waals surface area contributed by atoms with Crippen LogP contribution >= 0.6 is 0 Å². The zero-order valence-corrected chi connectivity index (χ0v) is 14.6. The number of ether oxygens (including phenoxy) is 3. The molecule has 5 atom stereocenters. The molecule has 1 aliphatic heterocycles. The molecule has 1 rings (SSSR count). The molecule has 1 aliphatic rings. The third-order valence-corrected chi connectivity index (χ3v) is 4.00. The van der Waals surface area contributed by atoms with Crippen molar-refractivity contribution < 1.29 is 28.9 Å². The number of hydrogen-bond acceptors (Lipinski definition) is 8. The second-order valence-electron chi connectivity index (χ2n) is 5.97. The zero-order valence-electron chi connectivity index (χ0n) is 14.6. The van der Waals surface area contributed by atoms with Crippen molar-refractivity contribution >= 4 is 11.8 Å². The number of amides is 2. The first-order chi connectivity index (χ1) is 11.9. The van der Waals surface area contributed by atoms with Gasteiger partial charge in [0, 0.05) is 26.7 Å². The molecule has 0 radical (unpaired) electrons. The Morgan fingerprint density at radius 2 is 2.00 bits per heavy atom. The third kappa shape index (κ3) is 7.22. The molecule has 0 saturated carbocycles. The van der Waals surface area contributed by atoms with E-state index in [4.69, 9.17) is 31.4 Å². The Morgan fingerprint density at radius 3 is 2.60 bits per heavy atom. The van der Waals surface area contributed by atoms with Gasteiger partial charge in [-0.05, 0) is 12.8 Å². The van der Waals surface area contributed by atoms with Crippen LogP contribution in [0.1, 0.15) is 25.7 Å². The zero-order chi connectivity index (χ0) is 18.8. The highest BCUT2D eigenvalue weighted by atomic mass is 16.7. The number of hydrogen-bond donors (Lipinski definition) is 5. The molecule has 5 unspecified atom stereocenters. The maximum absolute atomic E-state index is 11.4. The van der Waals surface area contributed by atoms with Crippen LogP contribution in [-0.2, 0) is 23.8 Å². The molecule has 0 aromatic carbocycles. The van der Waals surface area contributed by atoms with Crippen molar-refractivity contribution in [1.29, 1.82) is 0 Å². The minimum Gasteiger partial charge on any atom is -0.388 e. The molecule has 10 heteroatoms. The summed E-state index contributed by atoms with van der Waals surface area (Å²) in [4.78, 5) is 22.0. The Balaban J connectivity index is 2.23. The van der Waals surface area contributed by atoms with Gasteiger partial charge in [-0.3, -0.25) is 9.59 Å². The van der Waals surface area contributed by atoms with Crippen molar-refractivity contribution in [2.75, 3.05) is 26.8 Å². The van der Waals surface area contributed by atoms with E-state index in [1.54, 1.807) is 0 Å². The predicted octanol–water partition coefficient (Wildman–Crippen LogP) is -2.45. The molecule has 25 heavy (non-hydrogen) atoms. The summed E-state index contributed by atoms with van der Waals surface area (Å²) in [7, 11) is 1.45. The van der Waals surface area contributed by atoms with Gasteiger partial charge < -0.3 is 41.8 Å². The van der Waals surface area contributed by atoms with E-state index < -0.39 is 36.6 Å². The van der Waals surface area contributed by atoms with E-state index in [-0.39, 0.29) is 19.0 Å². The highest BCUT2D eigenvalue weighted by Gasteiger charge is 2.43. The molecular weight excluding hydrogens is 332 g/mol. The normalized spacial score (nSPS) is 29.4. The lowest BCUT2D eigenvalue weighted by atomic mass is 9.97. The van der Waals surface area contributed by atoms with Gasteiger partial charge in [-0.1, -0.05) is 6.42 Å². The summed E-state index contributed by atoms with van der Waals surface area (Å²) in [6.45, 7) is 0.411. The first kappa shape index (κ1) is 21.7. The predicted molar refractivity (Wildman–Crippen MR) is 89.1 cm³/mol. The number of carbonyl (C=O) groups is 2. The molecule has 0 spiro atoms. The lowest BCUT2D eigenvalue weighted by molar-refractivity contribution is -0.258. The third-order valence-electron chi connectivity index (χ3n) is 4.00. The number of nitrogens with one attached hydrogen (secondary N) is 1. The van der Waals surface area contributed by atoms with Gasteiger partial charge in [-0.25, -0.2) is 0 Å². The lowest BCUT2D eigenvalue weighted by Gasteiger charge is -2.42. The van der Waals surface area contributed by atoms with Crippen molar-refractivity contribution in [3.63, 3.8) is 0 Å². The van der Waals surface area contributed by atoms with Crippen molar-refractivity contribution in [1.82, 2.24) is 5.32 Å². The van der Waals surface area contributed by atoms with Gasteiger partial charge in [0.15, 0.2) is 6.29 Å². The highest BCUT2D eigenvalue weighted by molar-refractivity contribution is 5.83. The summed E-state index contributed by atoms with van der Waals surface area (Å²) in [6, 6.07) is -0.716. The smallest absolute Gasteiger partial charge is 0.236 e. The summed E-state index contributed by atoms with van der Waals surface area (Å²) >= 11 is 0. The van der Waals surface area contributed by atoms with Crippen LogP contribution in [0.3, 0.4) is 0 Å². The van der Waals surface area contributed by atoms with Crippen LogP contribution in [0.15, 0.2) is 0 Å². The lowest BCUT2D eigenvalue weighted by Crippen LogP contribution is -2.63. The summed E-state index contributed by atoms with van der Waals surface area (Å²) < 4.78 is 16.4. The molecule has 1 heterocycles. The molecule has 0 aromatic heterocycles. The number of aliphatic hydroxyl groups excluding tert-OH is 1. The summed E-state index contributed by atoms with van der Waals surface area (Å²) in [6.07, 6.45) is -0.351. The second kappa shape index (κ2) is 11.3. The number of carbonyl (C=O) groups excluding carboxylic acids is 2. The van der Waals surface area contributed by atoms with Crippen molar-refractivity contribution in [3.05, 3.63) is 0 Å². The fourth-order valence-electron chi connectivity index (χ4n) is 2.61. The molecule has 10 nitrogen and oxygen atoms in total. The molecule has 8 N–H and O–H groups in total. The van der Waals surface area contributed by atoms with Gasteiger partial charge >= 0.3 is 0 Å². The van der Waals surface area contributed by atoms with Gasteiger partial charge in [0.2, 0.25) is 11.8 Å². The number of methoxy groups -OCH3 is 1. The SMILES string of the molecule is COC1OC(CN)C(OCCCCCC(=O)NCC(N)=O)C(O)C1N. The molecule has 0 aromatic rings. The topological polar surface area (TPSA) is 172 Å². The summed E-state index contributed by atoms with van der Waals surface area (Å²) in [5.74, 6) is -0.783. The largest absolute Gasteiger partial charge is 0.388 e. The van der Waals surface area contributed by atoms with Crippen LogP contribution in [0.25, 0.3) is 0 Å². The molecule has 2 amide bonds. The number of unbranched alkanes of at least 4 members (excludes halogenated alkanes) is 2. The van der Waals surface area contributed by atoms with Crippen LogP contribution in [0.2, 0.25) is 0 Å². The Bertz CT molecular complexity index is 423. The van der Waals surface area contributed by atoms with E-state index in [1.807, 2.05) is 0 Å². The molecular formula is C15H30N4O6. The van der Waals surface area contributed by atoms with Gasteiger partial charge in [0.05, 0.1) is 12.6 Å². The molecule has 0 bridgehead atoms. The number of primary amides is 1. The van der Waals surface area contributed by atoms with Crippen LogP contribution in [0, 0.1) is 0 Å². The van der Waals surface area contributed by atoms with E-state index in [0.717, 1.165) is 6.42 Å². The standard InChI is InChI=1S/C15H30N4O6/c1-23-15-12(18)13(22)14(9(7-16)25-15)24-6-4-2-3-5-11(21)19-8-10(17)20/h9,12-15,22H,2-8,16,18H2,1H3,(H2,17,20)(H,19,21). The average Bonchev–Trinajstić information content (AvgIpc) is 2.59. The van der Waals surface area contributed by atoms with Crippen LogP contribution in [-0.4, -0.2) is 74.4 Å². The van der Waals surface area contributed by atoms with E-state index >= 15 is 0 Å². The van der Waals surface area contributed by atoms with Crippen molar-refractivity contribution in [2.24, 2.45) is 17.2 Å². The summed E-state index contributed by atoms with van der Waals surface area (Å²) in [5.41, 5.74) is 16.5. The van der Waals surface area contributed by atoms with Crippen LogP contribution in [0.5, 0.6) is 0 Å². The second-order valence-corrected chi connectivity index (χ2v) is 5.97. The first-order valence-corrected chi connectivity index (χ1v) is 8.39. The Kier molecular flexibility index (Phi) is 9.86. The van der Waals surface area contributed by atoms with Crippen LogP contribution < -0.4 is 22.5 Å². The minimum atomic E-state index is -0.938.